The van der Waals surface area contributed by atoms with Gasteiger partial charge in [-0.15, -0.1) is 0 Å². The lowest BCUT2D eigenvalue weighted by molar-refractivity contribution is -0.141. The number of ether oxygens (including phenoxy) is 2. The molecule has 6 rings (SSSR count). The Balaban J connectivity index is 1.04. The van der Waals surface area contributed by atoms with Crippen molar-refractivity contribution in [1.82, 2.24) is 25.3 Å². The lowest BCUT2D eigenvalue weighted by Crippen LogP contribution is -2.55. The van der Waals surface area contributed by atoms with Crippen LogP contribution in [0.4, 0.5) is 46.5 Å². The van der Waals surface area contributed by atoms with E-state index in [9.17, 15) is 45.3 Å². The number of hydrogen-bond acceptors (Lipinski definition) is 11. The maximum absolute atomic E-state index is 15.9. The molecule has 70 heavy (non-hydrogen) atoms. The molecule has 3 atom stereocenters. The van der Waals surface area contributed by atoms with Crippen molar-refractivity contribution in [3.05, 3.63) is 89.3 Å². The van der Waals surface area contributed by atoms with Crippen molar-refractivity contribution in [2.75, 3.05) is 35.9 Å². The lowest BCUT2D eigenvalue weighted by Gasteiger charge is -2.32. The van der Waals surface area contributed by atoms with E-state index in [-0.39, 0.29) is 49.4 Å². The molecule has 4 heterocycles. The lowest BCUT2D eigenvalue weighted by atomic mass is 9.86. The third-order valence-corrected chi connectivity index (χ3v) is 12.7. The molecule has 2 aliphatic rings. The van der Waals surface area contributed by atoms with E-state index in [2.05, 4.69) is 20.4 Å². The first-order valence-corrected chi connectivity index (χ1v) is 23.3. The molecular weight excluding hydrogens is 980 g/mol. The fraction of sp³-hybridized carbons (Fsp3) is 0.444. The molecule has 0 aliphatic carbocycles. The smallest absolute Gasteiger partial charge is 0.461 e. The van der Waals surface area contributed by atoms with Crippen LogP contribution in [0, 0.1) is 28.4 Å². The number of anilines is 2. The molecular formula is C45H46F8N8O7PS+. The van der Waals surface area contributed by atoms with E-state index in [1.807, 2.05) is 0 Å². The van der Waals surface area contributed by atoms with Crippen LogP contribution in [0.1, 0.15) is 82.8 Å². The van der Waals surface area contributed by atoms with Crippen LogP contribution in [0.15, 0.2) is 59.6 Å². The number of hydrogen-bond donors (Lipinski definition) is 2. The molecule has 2 saturated heterocycles. The zero-order valence-electron chi connectivity index (χ0n) is 38.1. The molecule has 374 valence electrons. The number of unbranched alkanes of at least 4 members (excludes halogenated alkanes) is 1. The quantitative estimate of drug-likeness (QED) is 0.0443. The normalized spacial score (nSPS) is 16.9. The molecule has 2 unspecified atom stereocenters. The van der Waals surface area contributed by atoms with E-state index in [0.29, 0.717) is 55.0 Å². The summed E-state index contributed by atoms with van der Waals surface area (Å²) in [6, 6.07) is 4.54. The topological polar surface area (TPSA) is 183 Å². The minimum absolute atomic E-state index is 0.0690. The highest BCUT2D eigenvalue weighted by atomic mass is 32.1. The molecule has 4 aromatic rings. The van der Waals surface area contributed by atoms with Gasteiger partial charge in [0.2, 0.25) is 11.8 Å². The number of pyridine rings is 1. The number of alkyl halides is 6. The molecule has 15 nitrogen and oxygen atoms in total. The largest absolute Gasteiger partial charge is 0.494 e. The van der Waals surface area contributed by atoms with Crippen molar-refractivity contribution in [1.29, 1.82) is 5.26 Å². The Morgan fingerprint density at radius 1 is 1.04 bits per heavy atom. The van der Waals surface area contributed by atoms with E-state index in [0.717, 1.165) is 29.3 Å². The predicted octanol–water partition coefficient (Wildman–Crippen LogP) is 9.03. The van der Waals surface area contributed by atoms with Crippen molar-refractivity contribution < 1.29 is 68.0 Å². The number of benzene rings is 2. The Hall–Kier alpha value is -6.15. The van der Waals surface area contributed by atoms with Crippen molar-refractivity contribution in [2.24, 2.45) is 5.41 Å². The van der Waals surface area contributed by atoms with Gasteiger partial charge < -0.3 is 29.0 Å². The van der Waals surface area contributed by atoms with Gasteiger partial charge in [0.25, 0.3) is 12.3 Å². The first kappa shape index (κ1) is 53.2. The highest BCUT2D eigenvalue weighted by Crippen LogP contribution is 2.44. The molecule has 0 saturated carbocycles. The van der Waals surface area contributed by atoms with Crippen LogP contribution < -0.4 is 24.9 Å². The summed E-state index contributed by atoms with van der Waals surface area (Å²) in [5.41, 5.74) is -9.46. The minimum atomic E-state index is -5.33. The molecule has 2 aromatic carbocycles. The summed E-state index contributed by atoms with van der Waals surface area (Å²) in [6.07, 6.45) is -5.34. The average molecular weight is 1030 g/mol. The van der Waals surface area contributed by atoms with Gasteiger partial charge in [0.05, 0.1) is 60.7 Å². The molecule has 2 fully saturated rings. The van der Waals surface area contributed by atoms with Gasteiger partial charge in [-0.3, -0.25) is 24.3 Å². The number of thiocarbonyl (C=S) groups is 1. The van der Waals surface area contributed by atoms with Crippen molar-refractivity contribution >= 4 is 54.4 Å². The molecule has 0 radical (unpaired) electrons. The van der Waals surface area contributed by atoms with E-state index in [1.54, 1.807) is 20.8 Å². The SMILES string of the molecule is CC(C)(C)[C@H](N[P+](=O)COCCCCOc1ccc(-c2ncc(N3C(=S)N(c4ccc(C#N)c(C(F)(F)F)c4F)C(=O)C3(C)C)cc2F)c(C(F)(F)F)c1)C(=O)N1CCCC1C(=O)NCc1cnco1. The molecule has 2 aliphatic heterocycles. The highest BCUT2D eigenvalue weighted by molar-refractivity contribution is 7.81. The van der Waals surface area contributed by atoms with Gasteiger partial charge in [0, 0.05) is 18.2 Å². The summed E-state index contributed by atoms with van der Waals surface area (Å²) in [7, 11) is -2.26. The number of carbonyl (C=O) groups excluding carboxylic acids is 3. The first-order valence-electron chi connectivity index (χ1n) is 21.5. The standard InChI is InChI=1S/C45H45F8N8O7PS/c1-42(2,3)37(39(63)59-14-8-9-33(59)38(62)57-22-28-21-55-23-68-28)58-69(65)24-66-15-6-7-16-67-27-11-12-29(30(18-27)44(48,49)50)36-31(46)17-26(20-56-36)61-41(70)60(40(64)43(61,4)5)32-13-10-25(19-54)34(35(32)47)45(51,52)53/h10-13,17-18,20-21,23,33,37H,6-9,14-16,22,24H2,1-5H3,(H-,57,58,62,65)/p+1/t33?,37-/m1/s1. The monoisotopic (exact) mass is 1030 g/mol. The van der Waals surface area contributed by atoms with E-state index in [1.165, 1.54) is 43.5 Å². The number of aromatic nitrogens is 2. The van der Waals surface area contributed by atoms with Gasteiger partial charge in [-0.25, -0.2) is 13.8 Å². The maximum atomic E-state index is 15.9. The van der Waals surface area contributed by atoms with Crippen LogP contribution in [0.25, 0.3) is 11.3 Å². The third-order valence-electron chi connectivity index (χ3n) is 11.4. The second-order valence-electron chi connectivity index (χ2n) is 17.8. The van der Waals surface area contributed by atoms with Crippen molar-refractivity contribution in [3.8, 4) is 23.1 Å². The summed E-state index contributed by atoms with van der Waals surface area (Å²) < 4.78 is 145. The zero-order valence-corrected chi connectivity index (χ0v) is 39.8. The van der Waals surface area contributed by atoms with Gasteiger partial charge in [0.15, 0.2) is 23.1 Å². The number of oxazole rings is 1. The first-order chi connectivity index (χ1) is 32.8. The minimum Gasteiger partial charge on any atom is -0.494 e. The van der Waals surface area contributed by atoms with Crippen LogP contribution in [-0.2, 0) is 42.6 Å². The Bertz CT molecular complexity index is 2690. The van der Waals surface area contributed by atoms with Crippen LogP contribution >= 0.6 is 20.2 Å². The Morgan fingerprint density at radius 2 is 1.76 bits per heavy atom. The number of nitrogens with one attached hydrogen (secondary N) is 2. The number of likely N-dealkylation sites (tertiary alicyclic amines) is 1. The fourth-order valence-corrected chi connectivity index (χ4v) is 9.56. The molecule has 25 heteroatoms. The van der Waals surface area contributed by atoms with Gasteiger partial charge in [-0.2, -0.15) is 31.6 Å². The molecule has 3 amide bonds. The highest BCUT2D eigenvalue weighted by Gasteiger charge is 2.52. The zero-order chi connectivity index (χ0) is 51.5. The van der Waals surface area contributed by atoms with E-state index in [4.69, 9.17) is 31.4 Å². The van der Waals surface area contributed by atoms with Crippen LogP contribution in [0.2, 0.25) is 0 Å². The summed E-state index contributed by atoms with van der Waals surface area (Å²) >= 11 is 5.37. The van der Waals surface area contributed by atoms with Gasteiger partial charge in [-0.1, -0.05) is 25.9 Å². The third kappa shape index (κ3) is 11.5. The molecule has 2 N–H and O–H groups in total. The Morgan fingerprint density at radius 3 is 2.39 bits per heavy atom. The van der Waals surface area contributed by atoms with E-state index >= 15 is 8.78 Å². The molecule has 2 aromatic heterocycles. The predicted molar refractivity (Wildman–Crippen MR) is 240 cm³/mol. The van der Waals surface area contributed by atoms with Crippen LogP contribution in [0.5, 0.6) is 5.75 Å². The summed E-state index contributed by atoms with van der Waals surface area (Å²) in [6.45, 7) is 8.35. The summed E-state index contributed by atoms with van der Waals surface area (Å²) in [5.74, 6) is -4.80. The number of halogens is 8. The average Bonchev–Trinajstić information content (AvgIpc) is 4.03. The summed E-state index contributed by atoms with van der Waals surface area (Å²) in [4.78, 5) is 50.9. The second kappa shape index (κ2) is 21.1. The fourth-order valence-electron chi connectivity index (χ4n) is 7.89. The number of nitrogens with zero attached hydrogens (tertiary/aromatic N) is 6. The van der Waals surface area contributed by atoms with Crippen LogP contribution in [-0.4, -0.2) is 81.4 Å². The van der Waals surface area contributed by atoms with Crippen molar-refractivity contribution in [3.63, 3.8) is 0 Å². The van der Waals surface area contributed by atoms with Crippen LogP contribution in [0.3, 0.4) is 0 Å². The molecule has 0 bridgehead atoms. The van der Waals surface area contributed by atoms with Gasteiger partial charge in [0.1, 0.15) is 40.4 Å². The molecule has 0 spiro atoms. The Kier molecular flexibility index (Phi) is 16.0. The number of nitriles is 1. The Labute approximate surface area is 402 Å². The number of rotatable bonds is 17. The van der Waals surface area contributed by atoms with Gasteiger partial charge in [-0.05, 0) is 92.1 Å². The number of amides is 3. The van der Waals surface area contributed by atoms with Crippen molar-refractivity contribution in [2.45, 2.75) is 96.8 Å². The second-order valence-corrected chi connectivity index (χ2v) is 19.4. The maximum Gasteiger partial charge on any atom is 0.461 e. The summed E-state index contributed by atoms with van der Waals surface area (Å²) in [5, 5.41) is 14.2. The van der Waals surface area contributed by atoms with E-state index < -0.39 is 99.6 Å². The van der Waals surface area contributed by atoms with Gasteiger partial charge >= 0.3 is 20.3 Å². The number of carbonyl (C=O) groups is 3.